The summed E-state index contributed by atoms with van der Waals surface area (Å²) in [4.78, 5) is 13.4. The molecule has 0 aliphatic heterocycles. The number of nitrogens with one attached hydrogen (secondary N) is 1. The number of nitrogens with two attached hydrogens (primary N) is 1. The zero-order valence-corrected chi connectivity index (χ0v) is 13.1. The highest BCUT2D eigenvalue weighted by molar-refractivity contribution is 7.98. The predicted molar refractivity (Wildman–Crippen MR) is 88.2 cm³/mol. The Balaban J connectivity index is 2.01. The predicted octanol–water partition coefficient (Wildman–Crippen LogP) is 3.29. The van der Waals surface area contributed by atoms with Gasteiger partial charge in [0.1, 0.15) is 6.04 Å². The number of carbonyl (C=O) groups excluding carboxylic acids is 1. The zero-order chi connectivity index (χ0) is 15.2. The average Bonchev–Trinajstić information content (AvgIpc) is 2.55. The van der Waals surface area contributed by atoms with E-state index in [2.05, 4.69) is 17.4 Å². The van der Waals surface area contributed by atoms with E-state index in [0.717, 1.165) is 11.1 Å². The fourth-order valence-electron chi connectivity index (χ4n) is 2.09. The van der Waals surface area contributed by atoms with Gasteiger partial charge in [0.2, 0.25) is 5.91 Å². The van der Waals surface area contributed by atoms with Gasteiger partial charge < -0.3 is 11.1 Å². The number of carbonyl (C=O) groups is 1. The lowest BCUT2D eigenvalue weighted by atomic mass is 10.1. The van der Waals surface area contributed by atoms with Crippen LogP contribution in [0.1, 0.15) is 30.1 Å². The Morgan fingerprint density at radius 2 is 1.67 bits per heavy atom. The first-order valence-corrected chi connectivity index (χ1v) is 8.09. The lowest BCUT2D eigenvalue weighted by molar-refractivity contribution is -0.123. The Bertz CT molecular complexity index is 583. The van der Waals surface area contributed by atoms with Crippen molar-refractivity contribution in [3.63, 3.8) is 0 Å². The Hall–Kier alpha value is -1.78. The van der Waals surface area contributed by atoms with Crippen molar-refractivity contribution in [3.05, 3.63) is 65.7 Å². The van der Waals surface area contributed by atoms with E-state index in [-0.39, 0.29) is 11.9 Å². The Labute approximate surface area is 129 Å². The van der Waals surface area contributed by atoms with Crippen molar-refractivity contribution in [1.82, 2.24) is 5.32 Å². The molecule has 2 atom stereocenters. The smallest absolute Gasteiger partial charge is 0.241 e. The maximum Gasteiger partial charge on any atom is 0.241 e. The molecule has 110 valence electrons. The van der Waals surface area contributed by atoms with E-state index < -0.39 is 6.04 Å². The van der Waals surface area contributed by atoms with Crippen LogP contribution in [-0.2, 0) is 4.79 Å². The minimum atomic E-state index is -0.640. The molecule has 0 spiro atoms. The summed E-state index contributed by atoms with van der Waals surface area (Å²) in [6.07, 6.45) is 2.04. The van der Waals surface area contributed by atoms with Gasteiger partial charge in [-0.05, 0) is 36.4 Å². The third kappa shape index (κ3) is 4.09. The third-order valence-corrected chi connectivity index (χ3v) is 4.16. The van der Waals surface area contributed by atoms with E-state index in [4.69, 9.17) is 5.73 Å². The quantitative estimate of drug-likeness (QED) is 0.833. The van der Waals surface area contributed by atoms with Gasteiger partial charge in [0.25, 0.3) is 0 Å². The molecular weight excluding hydrogens is 280 g/mol. The van der Waals surface area contributed by atoms with E-state index in [1.165, 1.54) is 4.90 Å². The second kappa shape index (κ2) is 7.29. The molecular formula is C17H20N2OS. The zero-order valence-electron chi connectivity index (χ0n) is 12.2. The van der Waals surface area contributed by atoms with Crippen molar-refractivity contribution in [2.75, 3.05) is 6.26 Å². The van der Waals surface area contributed by atoms with Crippen molar-refractivity contribution < 1.29 is 4.79 Å². The van der Waals surface area contributed by atoms with Crippen LogP contribution in [-0.4, -0.2) is 12.2 Å². The lowest BCUT2D eigenvalue weighted by Gasteiger charge is -2.18. The van der Waals surface area contributed by atoms with E-state index in [9.17, 15) is 4.79 Å². The van der Waals surface area contributed by atoms with Crippen LogP contribution in [0.2, 0.25) is 0 Å². The Morgan fingerprint density at radius 1 is 1.05 bits per heavy atom. The number of thioether (sulfide) groups is 1. The summed E-state index contributed by atoms with van der Waals surface area (Å²) in [5.74, 6) is -0.164. The van der Waals surface area contributed by atoms with Crippen LogP contribution in [0.4, 0.5) is 0 Å². The highest BCUT2D eigenvalue weighted by atomic mass is 32.2. The second-order valence-corrected chi connectivity index (χ2v) is 5.77. The Morgan fingerprint density at radius 3 is 2.24 bits per heavy atom. The van der Waals surface area contributed by atoms with Crippen LogP contribution in [0.5, 0.6) is 0 Å². The van der Waals surface area contributed by atoms with Gasteiger partial charge in [0.05, 0.1) is 6.04 Å². The highest BCUT2D eigenvalue weighted by Crippen LogP contribution is 2.19. The summed E-state index contributed by atoms with van der Waals surface area (Å²) in [5, 5.41) is 2.96. The van der Waals surface area contributed by atoms with Gasteiger partial charge in [-0.1, -0.05) is 42.5 Å². The van der Waals surface area contributed by atoms with Gasteiger partial charge in [-0.15, -0.1) is 11.8 Å². The fourth-order valence-corrected chi connectivity index (χ4v) is 2.50. The standard InChI is InChI=1S/C17H20N2OS/c1-12(13-8-10-15(21-2)11-9-13)19-17(20)16(18)14-6-4-3-5-7-14/h3-12,16H,18H2,1-2H3,(H,19,20)/t12?,16-/m0/s1. The molecule has 2 aromatic rings. The molecule has 0 saturated heterocycles. The van der Waals surface area contributed by atoms with E-state index in [1.807, 2.05) is 55.6 Å². The van der Waals surface area contributed by atoms with Gasteiger partial charge in [-0.25, -0.2) is 0 Å². The van der Waals surface area contributed by atoms with Crippen LogP contribution in [0, 0.1) is 0 Å². The summed E-state index contributed by atoms with van der Waals surface area (Å²) < 4.78 is 0. The molecule has 0 bridgehead atoms. The van der Waals surface area contributed by atoms with Gasteiger partial charge in [-0.2, -0.15) is 0 Å². The molecule has 0 radical (unpaired) electrons. The molecule has 0 aliphatic rings. The molecule has 3 nitrogen and oxygen atoms in total. The molecule has 0 aromatic heterocycles. The molecule has 1 amide bonds. The average molecular weight is 300 g/mol. The highest BCUT2D eigenvalue weighted by Gasteiger charge is 2.18. The van der Waals surface area contributed by atoms with Crippen LogP contribution in [0.3, 0.4) is 0 Å². The molecule has 4 heteroatoms. The largest absolute Gasteiger partial charge is 0.348 e. The summed E-state index contributed by atoms with van der Waals surface area (Å²) in [6.45, 7) is 1.96. The first-order chi connectivity index (χ1) is 10.1. The first kappa shape index (κ1) is 15.6. The maximum absolute atomic E-state index is 12.2. The lowest BCUT2D eigenvalue weighted by Crippen LogP contribution is -2.35. The number of amides is 1. The van der Waals surface area contributed by atoms with Crippen molar-refractivity contribution in [2.45, 2.75) is 23.9 Å². The van der Waals surface area contributed by atoms with Crippen molar-refractivity contribution in [1.29, 1.82) is 0 Å². The summed E-state index contributed by atoms with van der Waals surface area (Å²) in [6, 6.07) is 16.9. The van der Waals surface area contributed by atoms with Crippen LogP contribution in [0.25, 0.3) is 0 Å². The number of hydrogen-bond donors (Lipinski definition) is 2. The van der Waals surface area contributed by atoms with Crippen LogP contribution in [0.15, 0.2) is 59.5 Å². The minimum Gasteiger partial charge on any atom is -0.348 e. The van der Waals surface area contributed by atoms with E-state index >= 15 is 0 Å². The second-order valence-electron chi connectivity index (χ2n) is 4.89. The van der Waals surface area contributed by atoms with Crippen molar-refractivity contribution in [2.24, 2.45) is 5.73 Å². The summed E-state index contributed by atoms with van der Waals surface area (Å²) in [5.41, 5.74) is 7.89. The number of benzene rings is 2. The molecule has 0 fully saturated rings. The fraction of sp³-hybridized carbons (Fsp3) is 0.235. The molecule has 3 N–H and O–H groups in total. The van der Waals surface area contributed by atoms with Crippen LogP contribution < -0.4 is 11.1 Å². The summed E-state index contributed by atoms with van der Waals surface area (Å²) in [7, 11) is 0. The molecule has 0 saturated carbocycles. The molecule has 1 unspecified atom stereocenters. The van der Waals surface area contributed by atoms with Gasteiger partial charge in [0.15, 0.2) is 0 Å². The maximum atomic E-state index is 12.2. The van der Waals surface area contributed by atoms with Gasteiger partial charge >= 0.3 is 0 Å². The molecule has 0 heterocycles. The van der Waals surface area contributed by atoms with Crippen LogP contribution >= 0.6 is 11.8 Å². The monoisotopic (exact) mass is 300 g/mol. The Kier molecular flexibility index (Phi) is 5.42. The van der Waals surface area contributed by atoms with Crippen molar-refractivity contribution in [3.8, 4) is 0 Å². The topological polar surface area (TPSA) is 55.1 Å². The van der Waals surface area contributed by atoms with E-state index in [0.29, 0.717) is 0 Å². The van der Waals surface area contributed by atoms with E-state index in [1.54, 1.807) is 11.8 Å². The minimum absolute atomic E-state index is 0.0665. The SMILES string of the molecule is CSc1ccc(C(C)NC(=O)[C@@H](N)c2ccccc2)cc1. The number of hydrogen-bond acceptors (Lipinski definition) is 3. The van der Waals surface area contributed by atoms with Gasteiger partial charge in [0, 0.05) is 4.90 Å². The molecule has 0 aliphatic carbocycles. The van der Waals surface area contributed by atoms with Gasteiger partial charge in [-0.3, -0.25) is 4.79 Å². The molecule has 21 heavy (non-hydrogen) atoms. The normalized spacial score (nSPS) is 13.5. The molecule has 2 aromatic carbocycles. The van der Waals surface area contributed by atoms with Crippen molar-refractivity contribution >= 4 is 17.7 Å². The summed E-state index contributed by atoms with van der Waals surface area (Å²) >= 11 is 1.70. The molecule has 2 rings (SSSR count). The first-order valence-electron chi connectivity index (χ1n) is 6.86. The third-order valence-electron chi connectivity index (χ3n) is 3.42. The number of rotatable bonds is 5.